The Bertz CT molecular complexity index is 916. The summed E-state index contributed by atoms with van der Waals surface area (Å²) in [6.45, 7) is 18.2. The molecule has 0 spiro atoms. The lowest BCUT2D eigenvalue weighted by Gasteiger charge is -2.05. The molecule has 0 aliphatic heterocycles. The Hall–Kier alpha value is -2.54. The molecule has 1 heteroatoms. The summed E-state index contributed by atoms with van der Waals surface area (Å²) < 4.78 is 5.90. The van der Waals surface area contributed by atoms with Crippen LogP contribution >= 0.6 is 0 Å². The predicted octanol–water partition coefficient (Wildman–Crippen LogP) is 8.56. The first-order valence-corrected chi connectivity index (χ1v) is 9.48. The van der Waals surface area contributed by atoms with Crippen molar-refractivity contribution in [2.24, 2.45) is 0 Å². The molecule has 0 unspecified atom stereocenters. The fourth-order valence-corrected chi connectivity index (χ4v) is 2.69. The fourth-order valence-electron chi connectivity index (χ4n) is 2.69. The molecule has 3 aromatic rings. The van der Waals surface area contributed by atoms with Gasteiger partial charge in [0.05, 0.1) is 0 Å². The molecular formula is C25H32O. The van der Waals surface area contributed by atoms with Gasteiger partial charge in [-0.05, 0) is 50.1 Å². The maximum absolute atomic E-state index is 5.90. The van der Waals surface area contributed by atoms with Gasteiger partial charge < -0.3 is 4.42 Å². The van der Waals surface area contributed by atoms with Crippen molar-refractivity contribution in [3.05, 3.63) is 77.9 Å². The topological polar surface area (TPSA) is 13.1 Å². The maximum Gasteiger partial charge on any atom is 0.135 e. The van der Waals surface area contributed by atoms with Gasteiger partial charge in [0.1, 0.15) is 11.2 Å². The van der Waals surface area contributed by atoms with E-state index >= 15 is 0 Å². The number of furan rings is 1. The highest BCUT2D eigenvalue weighted by Gasteiger charge is 2.08. The van der Waals surface area contributed by atoms with Crippen LogP contribution in [-0.2, 0) is 0 Å². The molecule has 1 nitrogen and oxygen atoms in total. The van der Waals surface area contributed by atoms with Crippen LogP contribution in [0, 0.1) is 0 Å². The third-order valence-electron chi connectivity index (χ3n) is 3.56. The maximum atomic E-state index is 5.90. The number of benzene rings is 2. The molecule has 0 saturated carbocycles. The van der Waals surface area contributed by atoms with Crippen LogP contribution in [0.3, 0.4) is 0 Å². The van der Waals surface area contributed by atoms with Gasteiger partial charge in [0.2, 0.25) is 0 Å². The number of rotatable bonds is 3. The van der Waals surface area contributed by atoms with Gasteiger partial charge in [0, 0.05) is 10.8 Å². The van der Waals surface area contributed by atoms with Gasteiger partial charge in [-0.15, -0.1) is 0 Å². The normalized spacial score (nSPS) is 10.5. The first kappa shape index (κ1) is 21.5. The molecule has 0 atom stereocenters. The van der Waals surface area contributed by atoms with E-state index < -0.39 is 0 Å². The molecule has 0 aliphatic carbocycles. The number of para-hydroxylation sites is 1. The van der Waals surface area contributed by atoms with Gasteiger partial charge in [0.25, 0.3) is 0 Å². The Labute approximate surface area is 158 Å². The summed E-state index contributed by atoms with van der Waals surface area (Å²) in [5.41, 5.74) is 6.54. The molecular weight excluding hydrogens is 316 g/mol. The molecule has 0 amide bonds. The third kappa shape index (κ3) is 5.23. The zero-order chi connectivity index (χ0) is 19.7. The third-order valence-corrected chi connectivity index (χ3v) is 3.56. The van der Waals surface area contributed by atoms with Crippen LogP contribution in [0.4, 0.5) is 0 Å². The van der Waals surface area contributed by atoms with E-state index in [1.807, 2.05) is 52.8 Å². The van der Waals surface area contributed by atoms with Gasteiger partial charge in [-0.25, -0.2) is 0 Å². The summed E-state index contributed by atoms with van der Waals surface area (Å²) in [4.78, 5) is 0. The van der Waals surface area contributed by atoms with E-state index in [4.69, 9.17) is 4.42 Å². The van der Waals surface area contributed by atoms with E-state index in [2.05, 4.69) is 56.8 Å². The van der Waals surface area contributed by atoms with Crippen LogP contribution in [0.2, 0.25) is 0 Å². The average Bonchev–Trinajstić information content (AvgIpc) is 3.01. The highest BCUT2D eigenvalue weighted by molar-refractivity contribution is 6.06. The number of allylic oxidation sites excluding steroid dienone is 5. The van der Waals surface area contributed by atoms with Crippen LogP contribution < -0.4 is 0 Å². The fraction of sp³-hybridized carbons (Fsp3) is 0.280. The first-order valence-electron chi connectivity index (χ1n) is 9.48. The average molecular weight is 349 g/mol. The monoisotopic (exact) mass is 348 g/mol. The second-order valence-electron chi connectivity index (χ2n) is 5.98. The van der Waals surface area contributed by atoms with Gasteiger partial charge in [-0.3, -0.25) is 0 Å². The highest BCUT2D eigenvalue weighted by atomic mass is 16.3. The second kappa shape index (κ2) is 10.5. The molecule has 0 aliphatic rings. The molecule has 3 rings (SSSR count). The lowest BCUT2D eigenvalue weighted by Crippen LogP contribution is -1.83. The predicted molar refractivity (Wildman–Crippen MR) is 119 cm³/mol. The van der Waals surface area contributed by atoms with Crippen molar-refractivity contribution in [3.8, 4) is 0 Å². The van der Waals surface area contributed by atoms with Crippen molar-refractivity contribution in [3.63, 3.8) is 0 Å². The van der Waals surface area contributed by atoms with Crippen molar-refractivity contribution in [2.45, 2.75) is 48.5 Å². The molecule has 138 valence electrons. The summed E-state index contributed by atoms with van der Waals surface area (Å²) in [6.07, 6.45) is 4.31. The second-order valence-corrected chi connectivity index (χ2v) is 5.98. The van der Waals surface area contributed by atoms with Crippen molar-refractivity contribution in [1.29, 1.82) is 0 Å². The van der Waals surface area contributed by atoms with Gasteiger partial charge in [-0.1, -0.05) is 81.8 Å². The molecule has 0 saturated heterocycles. The summed E-state index contributed by atoms with van der Waals surface area (Å²) in [5, 5.41) is 2.31. The highest BCUT2D eigenvalue weighted by Crippen LogP contribution is 2.31. The lowest BCUT2D eigenvalue weighted by atomic mass is 9.99. The largest absolute Gasteiger partial charge is 0.456 e. The van der Waals surface area contributed by atoms with E-state index in [9.17, 15) is 0 Å². The van der Waals surface area contributed by atoms with E-state index in [0.29, 0.717) is 0 Å². The Kier molecular flexibility index (Phi) is 8.64. The van der Waals surface area contributed by atoms with Crippen molar-refractivity contribution >= 4 is 27.5 Å². The Morgan fingerprint density at radius 2 is 1.42 bits per heavy atom. The lowest BCUT2D eigenvalue weighted by molar-refractivity contribution is 0.669. The minimum absolute atomic E-state index is 0.928. The smallest absolute Gasteiger partial charge is 0.135 e. The molecule has 0 radical (unpaired) electrons. The van der Waals surface area contributed by atoms with E-state index in [0.717, 1.165) is 27.5 Å². The van der Waals surface area contributed by atoms with Crippen LogP contribution in [0.1, 0.15) is 54.0 Å². The standard InChI is InChI=1S/C21H20O.2C2H6/c1-14(2)11-17(12-15(3)4)16-9-10-21-19(13-16)18-7-5-6-8-20(18)22-21;2*1-2/h5-13H,1H2,2-4H3;2*1-2H3/b17-11+;;. The van der Waals surface area contributed by atoms with Crippen molar-refractivity contribution in [2.75, 3.05) is 0 Å². The molecule has 0 fully saturated rings. The first-order chi connectivity index (χ1) is 12.5. The van der Waals surface area contributed by atoms with Crippen molar-refractivity contribution in [1.82, 2.24) is 0 Å². The summed E-state index contributed by atoms with van der Waals surface area (Å²) in [7, 11) is 0. The van der Waals surface area contributed by atoms with Crippen LogP contribution in [0.25, 0.3) is 27.5 Å². The number of hydrogen-bond acceptors (Lipinski definition) is 1. The summed E-state index contributed by atoms with van der Waals surface area (Å²) >= 11 is 0. The minimum atomic E-state index is 0.928. The zero-order valence-electron chi connectivity index (χ0n) is 17.3. The van der Waals surface area contributed by atoms with Crippen LogP contribution in [0.5, 0.6) is 0 Å². The van der Waals surface area contributed by atoms with Crippen LogP contribution in [-0.4, -0.2) is 0 Å². The molecule has 1 heterocycles. The Morgan fingerprint density at radius 1 is 0.808 bits per heavy atom. The van der Waals surface area contributed by atoms with Gasteiger partial charge >= 0.3 is 0 Å². The SMILES string of the molecule is C=C(C)/C=C(\C=C(C)C)c1ccc2oc3ccccc3c2c1.CC.CC. The Morgan fingerprint density at radius 3 is 2.04 bits per heavy atom. The summed E-state index contributed by atoms with van der Waals surface area (Å²) in [6, 6.07) is 14.5. The number of hydrogen-bond donors (Lipinski definition) is 0. The van der Waals surface area contributed by atoms with Gasteiger partial charge in [0.15, 0.2) is 0 Å². The Balaban J connectivity index is 0.000000791. The van der Waals surface area contributed by atoms with Crippen LogP contribution in [0.15, 0.2) is 76.8 Å². The zero-order valence-corrected chi connectivity index (χ0v) is 17.3. The van der Waals surface area contributed by atoms with E-state index in [1.54, 1.807) is 0 Å². The summed E-state index contributed by atoms with van der Waals surface area (Å²) in [5.74, 6) is 0. The quantitative estimate of drug-likeness (QED) is 0.432. The minimum Gasteiger partial charge on any atom is -0.456 e. The van der Waals surface area contributed by atoms with Crippen molar-refractivity contribution < 1.29 is 4.42 Å². The molecule has 2 aromatic carbocycles. The van der Waals surface area contributed by atoms with E-state index in [1.165, 1.54) is 16.7 Å². The molecule has 1 aromatic heterocycles. The molecule has 26 heavy (non-hydrogen) atoms. The van der Waals surface area contributed by atoms with E-state index in [-0.39, 0.29) is 0 Å². The molecule has 0 bridgehead atoms. The number of fused-ring (bicyclic) bond motifs is 3. The molecule has 0 N–H and O–H groups in total. The van der Waals surface area contributed by atoms with Gasteiger partial charge in [-0.2, -0.15) is 0 Å².